The lowest BCUT2D eigenvalue weighted by Crippen LogP contribution is -2.49. The van der Waals surface area contributed by atoms with Crippen molar-refractivity contribution in [1.82, 2.24) is 20.1 Å². The van der Waals surface area contributed by atoms with E-state index in [0.29, 0.717) is 44.8 Å². The molecule has 2 amide bonds. The number of aromatic nitrogens is 1. The second kappa shape index (κ2) is 13.9. The molecule has 2 saturated carbocycles. The summed E-state index contributed by atoms with van der Waals surface area (Å²) in [6.45, 7) is 7.44. The number of carbonyl (C=O) groups is 2. The average Bonchev–Trinajstić information content (AvgIpc) is 3.85. The van der Waals surface area contributed by atoms with Gasteiger partial charge in [0.15, 0.2) is 0 Å². The lowest BCUT2D eigenvalue weighted by atomic mass is 9.73. The minimum atomic E-state index is -4.05. The fraction of sp³-hybridized carbons (Fsp3) is 0.629. The van der Waals surface area contributed by atoms with E-state index in [9.17, 15) is 22.4 Å². The van der Waals surface area contributed by atoms with Gasteiger partial charge in [0.1, 0.15) is 17.2 Å². The normalized spacial score (nSPS) is 24.5. The summed E-state index contributed by atoms with van der Waals surface area (Å²) in [5.74, 6) is 0.423. The number of piperidine rings is 1. The highest BCUT2D eigenvalue weighted by atomic mass is 32.2. The smallest absolute Gasteiger partial charge is 0.410 e. The third-order valence-corrected chi connectivity index (χ3v) is 11.4. The van der Waals surface area contributed by atoms with Crippen LogP contribution in [0.5, 0.6) is 5.75 Å². The predicted molar refractivity (Wildman–Crippen MR) is 178 cm³/mol. The van der Waals surface area contributed by atoms with E-state index >= 15 is 0 Å². The first-order chi connectivity index (χ1) is 22.9. The van der Waals surface area contributed by atoms with Crippen molar-refractivity contribution in [3.8, 4) is 17.0 Å². The van der Waals surface area contributed by atoms with Crippen LogP contribution in [0, 0.1) is 11.2 Å². The number of pyridine rings is 1. The molecule has 3 heterocycles. The number of rotatable bonds is 12. The maximum atomic E-state index is 13.6. The summed E-state index contributed by atoms with van der Waals surface area (Å²) in [7, 11) is -4.05. The molecule has 6 rings (SSSR count). The van der Waals surface area contributed by atoms with Crippen molar-refractivity contribution in [1.29, 1.82) is 0 Å². The van der Waals surface area contributed by atoms with E-state index in [1.54, 1.807) is 6.07 Å². The predicted octanol–water partition coefficient (Wildman–Crippen LogP) is 5.29. The van der Waals surface area contributed by atoms with Gasteiger partial charge in [-0.15, -0.1) is 0 Å². The molecule has 13 heteroatoms. The Bertz CT molecular complexity index is 1600. The van der Waals surface area contributed by atoms with E-state index in [1.807, 2.05) is 18.7 Å². The van der Waals surface area contributed by atoms with Gasteiger partial charge in [-0.2, -0.15) is 8.42 Å². The Morgan fingerprint density at radius 3 is 2.50 bits per heavy atom. The van der Waals surface area contributed by atoms with Crippen molar-refractivity contribution >= 4 is 22.1 Å². The van der Waals surface area contributed by atoms with E-state index in [1.165, 1.54) is 17.8 Å². The van der Waals surface area contributed by atoms with E-state index < -0.39 is 21.1 Å². The molecule has 4 aliphatic rings. The topological polar surface area (TPSA) is 138 Å². The van der Waals surface area contributed by atoms with Crippen LogP contribution in [0.2, 0.25) is 0 Å². The summed E-state index contributed by atoms with van der Waals surface area (Å²) in [5, 5.41) is 2.81. The third-order valence-electron chi connectivity index (χ3n) is 10.6. The standard InChI is InChI=1S/C35H47FN4O7S/c1-3-46-31-20-29(30-8-7-26(36)21-38-30)28(24-5-6-24)19-25(31)22-39-16-13-35(14-17-39)23-40(33(42)47-35)27-9-11-34(2,12-10-27)32(41)37-15-4-18-48(43,44)45/h7-8,19-21,24,27H,3-6,9-18,22-23H2,1-2H3,(H,37,41)(H,43,44,45)/t27-,34-. The Hall–Kier alpha value is -3.29. The van der Waals surface area contributed by atoms with Gasteiger partial charge in [0.05, 0.1) is 30.8 Å². The van der Waals surface area contributed by atoms with Crippen LogP contribution in [0.4, 0.5) is 9.18 Å². The molecule has 2 aliphatic carbocycles. The van der Waals surface area contributed by atoms with Crippen LogP contribution < -0.4 is 10.1 Å². The van der Waals surface area contributed by atoms with E-state index in [0.717, 1.165) is 67.9 Å². The number of halogens is 1. The molecule has 11 nitrogen and oxygen atoms in total. The molecule has 1 spiro atoms. The Balaban J connectivity index is 1.04. The van der Waals surface area contributed by atoms with Gasteiger partial charge < -0.3 is 19.7 Å². The molecular formula is C35H47FN4O7S. The van der Waals surface area contributed by atoms with Crippen LogP contribution in [0.25, 0.3) is 11.3 Å². The molecule has 4 fully saturated rings. The maximum Gasteiger partial charge on any atom is 0.410 e. The molecule has 48 heavy (non-hydrogen) atoms. The van der Waals surface area contributed by atoms with Crippen LogP contribution in [0.3, 0.4) is 0 Å². The quantitative estimate of drug-likeness (QED) is 0.225. The van der Waals surface area contributed by atoms with Gasteiger partial charge in [-0.25, -0.2) is 9.18 Å². The molecule has 0 radical (unpaired) electrons. The fourth-order valence-corrected chi connectivity index (χ4v) is 8.05. The zero-order valence-corrected chi connectivity index (χ0v) is 28.7. The van der Waals surface area contributed by atoms with Crippen LogP contribution in [-0.4, -0.2) is 89.9 Å². The van der Waals surface area contributed by atoms with Crippen LogP contribution in [0.1, 0.15) is 88.7 Å². The van der Waals surface area contributed by atoms with Crippen molar-refractivity contribution in [2.24, 2.45) is 5.41 Å². The highest BCUT2D eigenvalue weighted by Crippen LogP contribution is 2.47. The number of ether oxygens (including phenoxy) is 2. The summed E-state index contributed by atoms with van der Waals surface area (Å²) in [5.41, 5.74) is 3.00. The maximum absolute atomic E-state index is 13.6. The zero-order chi connectivity index (χ0) is 34.1. The summed E-state index contributed by atoms with van der Waals surface area (Å²) >= 11 is 0. The van der Waals surface area contributed by atoms with Gasteiger partial charge in [0.25, 0.3) is 10.1 Å². The van der Waals surface area contributed by atoms with E-state index in [4.69, 9.17) is 14.0 Å². The van der Waals surface area contributed by atoms with Crippen LogP contribution >= 0.6 is 0 Å². The Morgan fingerprint density at radius 2 is 1.88 bits per heavy atom. The van der Waals surface area contributed by atoms with Gasteiger partial charge in [-0.3, -0.25) is 19.2 Å². The largest absolute Gasteiger partial charge is 0.494 e. The summed E-state index contributed by atoms with van der Waals surface area (Å²) < 4.78 is 56.6. The Morgan fingerprint density at radius 1 is 1.15 bits per heavy atom. The first-order valence-electron chi connectivity index (χ1n) is 17.2. The Kier molecular flexibility index (Phi) is 10.0. The molecule has 0 bridgehead atoms. The number of amides is 2. The van der Waals surface area contributed by atoms with Crippen molar-refractivity contribution < 1.29 is 36.4 Å². The van der Waals surface area contributed by atoms with Crippen molar-refractivity contribution in [2.45, 2.75) is 95.7 Å². The number of nitrogens with one attached hydrogen (secondary N) is 1. The second-order valence-electron chi connectivity index (χ2n) is 14.3. The van der Waals surface area contributed by atoms with Gasteiger partial charge in [0.2, 0.25) is 5.91 Å². The zero-order valence-electron chi connectivity index (χ0n) is 27.9. The molecule has 1 aromatic heterocycles. The van der Waals surface area contributed by atoms with E-state index in [-0.39, 0.29) is 42.6 Å². The number of nitrogens with zero attached hydrogens (tertiary/aromatic N) is 3. The minimum absolute atomic E-state index is 0.0130. The van der Waals surface area contributed by atoms with Crippen molar-refractivity contribution in [3.63, 3.8) is 0 Å². The lowest BCUT2D eigenvalue weighted by molar-refractivity contribution is -0.132. The summed E-state index contributed by atoms with van der Waals surface area (Å²) in [6.07, 6.45) is 7.49. The number of carbonyl (C=O) groups excluding carboxylic acids is 2. The molecule has 262 valence electrons. The van der Waals surface area contributed by atoms with Crippen molar-refractivity contribution in [2.75, 3.05) is 38.5 Å². The van der Waals surface area contributed by atoms with Gasteiger partial charge in [0, 0.05) is 61.6 Å². The molecular weight excluding hydrogens is 639 g/mol. The summed E-state index contributed by atoms with van der Waals surface area (Å²) in [4.78, 5) is 34.7. The Labute approximate surface area is 282 Å². The van der Waals surface area contributed by atoms with Gasteiger partial charge in [-0.05, 0) is 87.6 Å². The molecule has 2 N–H and O–H groups in total. The number of benzene rings is 1. The molecule has 2 aromatic rings. The van der Waals surface area contributed by atoms with Crippen LogP contribution in [-0.2, 0) is 26.2 Å². The average molecular weight is 687 g/mol. The lowest BCUT2D eigenvalue weighted by Gasteiger charge is -2.40. The molecule has 0 atom stereocenters. The highest BCUT2D eigenvalue weighted by molar-refractivity contribution is 7.85. The second-order valence-corrected chi connectivity index (χ2v) is 15.8. The first-order valence-corrected chi connectivity index (χ1v) is 18.8. The number of likely N-dealkylation sites (tertiary alicyclic amines) is 1. The van der Waals surface area contributed by atoms with E-state index in [2.05, 4.69) is 27.3 Å². The molecule has 0 unspecified atom stereocenters. The number of hydrogen-bond acceptors (Lipinski definition) is 8. The molecule has 2 saturated heterocycles. The molecule has 2 aliphatic heterocycles. The minimum Gasteiger partial charge on any atom is -0.494 e. The fourth-order valence-electron chi connectivity index (χ4n) is 7.54. The monoisotopic (exact) mass is 686 g/mol. The third kappa shape index (κ3) is 7.94. The van der Waals surface area contributed by atoms with Gasteiger partial charge in [-0.1, -0.05) is 6.92 Å². The van der Waals surface area contributed by atoms with Gasteiger partial charge >= 0.3 is 6.09 Å². The SMILES string of the molecule is CCOc1cc(-c2ccc(F)cn2)c(C2CC2)cc1CN1CCC2(CC1)CN([C@H]1CC[C@](C)(C(=O)NCCCS(=O)(=O)O)CC1)C(=O)O2. The van der Waals surface area contributed by atoms with Crippen LogP contribution in [0.15, 0.2) is 30.5 Å². The summed E-state index contributed by atoms with van der Waals surface area (Å²) in [6, 6.07) is 7.50. The number of hydrogen-bond donors (Lipinski definition) is 2. The first kappa shape index (κ1) is 34.6. The van der Waals surface area contributed by atoms with Crippen molar-refractivity contribution in [3.05, 3.63) is 47.4 Å². The highest BCUT2D eigenvalue weighted by Gasteiger charge is 2.50. The molecule has 1 aromatic carbocycles.